The molecule has 0 aliphatic carbocycles. The minimum absolute atomic E-state index is 0.126. The Bertz CT molecular complexity index is 888. The molecule has 0 radical (unpaired) electrons. The van der Waals surface area contributed by atoms with Crippen LogP contribution in [0.4, 0.5) is 0 Å². The minimum atomic E-state index is 0.126. The Morgan fingerprint density at radius 2 is 2.00 bits per heavy atom. The van der Waals surface area contributed by atoms with Gasteiger partial charge in [0.2, 0.25) is 5.91 Å². The van der Waals surface area contributed by atoms with Crippen LogP contribution in [0.1, 0.15) is 40.3 Å². The van der Waals surface area contributed by atoms with E-state index in [0.29, 0.717) is 6.54 Å². The largest absolute Gasteiger partial charge is 0.353 e. The molecule has 2 atom stereocenters. The van der Waals surface area contributed by atoms with Crippen molar-refractivity contribution in [2.75, 3.05) is 13.1 Å². The molecule has 5 heteroatoms. The number of nitrogens with one attached hydrogen (secondary N) is 1. The number of benzene rings is 1. The van der Waals surface area contributed by atoms with Crippen LogP contribution in [0.15, 0.2) is 59.3 Å². The van der Waals surface area contributed by atoms with Crippen LogP contribution in [0.25, 0.3) is 0 Å². The quantitative estimate of drug-likeness (QED) is 0.601. The normalized spacial score (nSPS) is 17.8. The van der Waals surface area contributed by atoms with E-state index in [0.717, 1.165) is 25.8 Å². The van der Waals surface area contributed by atoms with E-state index in [9.17, 15) is 4.79 Å². The number of hydrogen-bond acceptors (Lipinski definition) is 4. The molecule has 28 heavy (non-hydrogen) atoms. The van der Waals surface area contributed by atoms with Crippen molar-refractivity contribution in [1.82, 2.24) is 10.2 Å². The van der Waals surface area contributed by atoms with Crippen molar-refractivity contribution >= 4 is 28.6 Å². The van der Waals surface area contributed by atoms with E-state index in [2.05, 4.69) is 70.4 Å². The first kappa shape index (κ1) is 19.4. The van der Waals surface area contributed by atoms with E-state index in [1.54, 1.807) is 11.3 Å². The van der Waals surface area contributed by atoms with Crippen molar-refractivity contribution in [3.8, 4) is 0 Å². The summed E-state index contributed by atoms with van der Waals surface area (Å²) in [6.45, 7) is 3.49. The molecule has 1 aliphatic rings. The molecule has 0 saturated carbocycles. The summed E-state index contributed by atoms with van der Waals surface area (Å²) >= 11 is 3.62. The smallest absolute Gasteiger partial charge is 0.234 e. The minimum Gasteiger partial charge on any atom is -0.353 e. The second-order valence-electron chi connectivity index (χ2n) is 7.43. The van der Waals surface area contributed by atoms with E-state index in [-0.39, 0.29) is 18.0 Å². The van der Waals surface area contributed by atoms with Gasteiger partial charge in [-0.05, 0) is 60.2 Å². The number of carbonyl (C=O) groups excluding carboxylic acids is 1. The summed E-state index contributed by atoms with van der Waals surface area (Å²) in [6, 6.07) is 17.4. The molecule has 0 saturated heterocycles. The molecule has 4 rings (SSSR count). The van der Waals surface area contributed by atoms with E-state index < -0.39 is 0 Å². The molecule has 3 nitrogen and oxygen atoms in total. The zero-order chi connectivity index (χ0) is 19.3. The summed E-state index contributed by atoms with van der Waals surface area (Å²) in [4.78, 5) is 17.9. The van der Waals surface area contributed by atoms with Gasteiger partial charge in [0.25, 0.3) is 0 Å². The molecule has 1 amide bonds. The standard InChI is InChI=1S/C23H26N2OS2/c1-17(9-10-18-6-3-2-4-7-18)24-22(26)16-25-13-11-20-19(12-15-28-20)23(25)21-8-5-14-27-21/h2-8,12,14-15,17,23H,9-11,13,16H2,1H3,(H,24,26)/t17-,23+/m0/s1. The average molecular weight is 411 g/mol. The first-order chi connectivity index (χ1) is 13.7. The lowest BCUT2D eigenvalue weighted by Gasteiger charge is -2.35. The van der Waals surface area contributed by atoms with E-state index in [4.69, 9.17) is 0 Å². The summed E-state index contributed by atoms with van der Waals surface area (Å²) in [5, 5.41) is 7.51. The SMILES string of the molecule is C[C@@H](CCc1ccccc1)NC(=O)CN1CCc2sccc2[C@@H]1c1cccs1. The van der Waals surface area contributed by atoms with Crippen LogP contribution < -0.4 is 5.32 Å². The molecule has 0 fully saturated rings. The number of carbonyl (C=O) groups is 1. The first-order valence-electron chi connectivity index (χ1n) is 9.87. The fraction of sp³-hybridized carbons (Fsp3) is 0.348. The Balaban J connectivity index is 1.37. The maximum atomic E-state index is 12.8. The molecular formula is C23H26N2OS2. The van der Waals surface area contributed by atoms with Crippen molar-refractivity contribution in [1.29, 1.82) is 0 Å². The van der Waals surface area contributed by atoms with Crippen molar-refractivity contribution < 1.29 is 4.79 Å². The Hall–Kier alpha value is -1.95. The fourth-order valence-electron chi connectivity index (χ4n) is 3.92. The number of fused-ring (bicyclic) bond motifs is 1. The highest BCUT2D eigenvalue weighted by Gasteiger charge is 2.31. The second kappa shape index (κ2) is 9.03. The summed E-state index contributed by atoms with van der Waals surface area (Å²) in [6.07, 6.45) is 2.98. The summed E-state index contributed by atoms with van der Waals surface area (Å²) in [5.74, 6) is 0.126. The molecule has 3 heterocycles. The zero-order valence-electron chi connectivity index (χ0n) is 16.1. The predicted molar refractivity (Wildman–Crippen MR) is 118 cm³/mol. The van der Waals surface area contributed by atoms with Crippen molar-refractivity contribution in [2.45, 2.75) is 38.3 Å². The number of thiophene rings is 2. The van der Waals surface area contributed by atoms with Crippen molar-refractivity contribution in [3.05, 3.63) is 80.2 Å². The van der Waals surface area contributed by atoms with Gasteiger partial charge in [-0.25, -0.2) is 0 Å². The third-order valence-electron chi connectivity index (χ3n) is 5.34. The molecule has 2 aromatic heterocycles. The molecular weight excluding hydrogens is 384 g/mol. The van der Waals surface area contributed by atoms with Gasteiger partial charge in [0, 0.05) is 22.3 Å². The van der Waals surface area contributed by atoms with E-state index in [1.807, 2.05) is 17.4 Å². The van der Waals surface area contributed by atoms with Gasteiger partial charge in [0.15, 0.2) is 0 Å². The summed E-state index contributed by atoms with van der Waals surface area (Å²) in [5.41, 5.74) is 2.70. The van der Waals surface area contributed by atoms with Gasteiger partial charge in [-0.1, -0.05) is 36.4 Å². The van der Waals surface area contributed by atoms with Crippen LogP contribution in [0, 0.1) is 0 Å². The molecule has 1 aromatic carbocycles. The van der Waals surface area contributed by atoms with Gasteiger partial charge < -0.3 is 5.32 Å². The maximum Gasteiger partial charge on any atom is 0.234 e. The van der Waals surface area contributed by atoms with Gasteiger partial charge in [0.05, 0.1) is 12.6 Å². The molecule has 3 aromatic rings. The predicted octanol–water partition coefficient (Wildman–Crippen LogP) is 4.89. The Morgan fingerprint density at radius 3 is 2.79 bits per heavy atom. The Labute approximate surface area is 175 Å². The third kappa shape index (κ3) is 4.54. The highest BCUT2D eigenvalue weighted by molar-refractivity contribution is 7.10. The lowest BCUT2D eigenvalue weighted by atomic mass is 9.98. The molecule has 1 aliphatic heterocycles. The fourth-order valence-corrected chi connectivity index (χ4v) is 5.70. The van der Waals surface area contributed by atoms with Crippen molar-refractivity contribution in [3.63, 3.8) is 0 Å². The van der Waals surface area contributed by atoms with Gasteiger partial charge in [0.1, 0.15) is 0 Å². The van der Waals surface area contributed by atoms with Crippen LogP contribution in [0.2, 0.25) is 0 Å². The van der Waals surface area contributed by atoms with E-state index >= 15 is 0 Å². The van der Waals surface area contributed by atoms with Crippen LogP contribution in [0.5, 0.6) is 0 Å². The number of hydrogen-bond donors (Lipinski definition) is 1. The van der Waals surface area contributed by atoms with Crippen LogP contribution in [-0.4, -0.2) is 29.9 Å². The maximum absolute atomic E-state index is 12.8. The average Bonchev–Trinajstić information content (AvgIpc) is 3.39. The molecule has 0 spiro atoms. The highest BCUT2D eigenvalue weighted by Crippen LogP contribution is 2.39. The summed E-state index contributed by atoms with van der Waals surface area (Å²) in [7, 11) is 0. The molecule has 0 unspecified atom stereocenters. The van der Waals surface area contributed by atoms with Gasteiger partial charge in [-0.15, -0.1) is 22.7 Å². The second-order valence-corrected chi connectivity index (χ2v) is 9.41. The van der Waals surface area contributed by atoms with Crippen LogP contribution >= 0.6 is 22.7 Å². The molecule has 1 N–H and O–H groups in total. The number of nitrogens with zero attached hydrogens (tertiary/aromatic N) is 1. The Kier molecular flexibility index (Phi) is 6.25. The van der Waals surface area contributed by atoms with Gasteiger partial charge >= 0.3 is 0 Å². The number of aryl methyl sites for hydroxylation is 1. The van der Waals surface area contributed by atoms with Crippen LogP contribution in [0.3, 0.4) is 0 Å². The molecule has 0 bridgehead atoms. The zero-order valence-corrected chi connectivity index (χ0v) is 17.8. The van der Waals surface area contributed by atoms with Gasteiger partial charge in [-0.2, -0.15) is 0 Å². The number of rotatable bonds is 7. The topological polar surface area (TPSA) is 32.3 Å². The van der Waals surface area contributed by atoms with Crippen molar-refractivity contribution in [2.24, 2.45) is 0 Å². The monoisotopic (exact) mass is 410 g/mol. The third-order valence-corrected chi connectivity index (χ3v) is 7.26. The molecule has 146 valence electrons. The van der Waals surface area contributed by atoms with Crippen LogP contribution in [-0.2, 0) is 17.6 Å². The van der Waals surface area contributed by atoms with E-state index in [1.165, 1.54) is 20.9 Å². The first-order valence-corrected chi connectivity index (χ1v) is 11.6. The lowest BCUT2D eigenvalue weighted by Crippen LogP contribution is -2.44. The Morgan fingerprint density at radius 1 is 1.14 bits per heavy atom. The number of amides is 1. The lowest BCUT2D eigenvalue weighted by molar-refractivity contribution is -0.123. The summed E-state index contributed by atoms with van der Waals surface area (Å²) < 4.78 is 0. The van der Waals surface area contributed by atoms with Gasteiger partial charge in [-0.3, -0.25) is 9.69 Å². The highest BCUT2D eigenvalue weighted by atomic mass is 32.1.